The summed E-state index contributed by atoms with van der Waals surface area (Å²) in [5.41, 5.74) is 0. The highest BCUT2D eigenvalue weighted by Gasteiger charge is 2.16. The van der Waals surface area contributed by atoms with E-state index < -0.39 is 0 Å². The third-order valence-electron chi connectivity index (χ3n) is 1.81. The summed E-state index contributed by atoms with van der Waals surface area (Å²) in [5, 5.41) is -0.0388. The highest BCUT2D eigenvalue weighted by atomic mass is 32.2. The van der Waals surface area contributed by atoms with Gasteiger partial charge in [-0.25, -0.2) is 0 Å². The number of thioether (sulfide) groups is 1. The molecule has 0 radical (unpaired) electrons. The minimum absolute atomic E-state index is 0.0388. The Morgan fingerprint density at radius 2 is 2.14 bits per heavy atom. The van der Waals surface area contributed by atoms with E-state index in [9.17, 15) is 4.79 Å². The van der Waals surface area contributed by atoms with Crippen LogP contribution in [0, 0.1) is 0 Å². The highest BCUT2D eigenvalue weighted by Crippen LogP contribution is 2.13. The average molecular weight is 216 g/mol. The molecule has 0 aliphatic rings. The smallest absolute Gasteiger partial charge is 0.319 e. The third kappa shape index (κ3) is 6.08. The van der Waals surface area contributed by atoms with Crippen molar-refractivity contribution in [2.24, 2.45) is 0 Å². The number of hydrogen-bond acceptors (Lipinski definition) is 3. The lowest BCUT2D eigenvalue weighted by Crippen LogP contribution is -2.19. The lowest BCUT2D eigenvalue weighted by molar-refractivity contribution is -0.142. The zero-order valence-electron chi connectivity index (χ0n) is 9.29. The predicted molar refractivity (Wildman–Crippen MR) is 62.6 cm³/mol. The zero-order chi connectivity index (χ0) is 10.8. The summed E-state index contributed by atoms with van der Waals surface area (Å²) in [6.07, 6.45) is 9.16. The normalized spacial score (nSPS) is 13.1. The second-order valence-corrected chi connectivity index (χ2v) is 4.01. The monoisotopic (exact) mass is 216 g/mol. The van der Waals surface area contributed by atoms with Crippen molar-refractivity contribution in [3.63, 3.8) is 0 Å². The maximum atomic E-state index is 11.4. The van der Waals surface area contributed by atoms with Crippen molar-refractivity contribution in [3.8, 4) is 0 Å². The number of rotatable bonds is 7. The Bertz CT molecular complexity index is 178. The van der Waals surface area contributed by atoms with Gasteiger partial charge in [-0.1, -0.05) is 25.5 Å². The molecule has 3 heteroatoms. The predicted octanol–water partition coefficient (Wildman–Crippen LogP) is 3.03. The van der Waals surface area contributed by atoms with Gasteiger partial charge in [0, 0.05) is 0 Å². The van der Waals surface area contributed by atoms with E-state index in [-0.39, 0.29) is 11.2 Å². The second kappa shape index (κ2) is 9.13. The van der Waals surface area contributed by atoms with Crippen LogP contribution in [0.2, 0.25) is 0 Å². The van der Waals surface area contributed by atoms with E-state index in [1.807, 2.05) is 13.2 Å². The molecule has 0 aliphatic carbocycles. The number of carbonyl (C=O) groups is 1. The molecule has 0 aliphatic heterocycles. The first kappa shape index (κ1) is 13.6. The number of hydrogen-bond donors (Lipinski definition) is 0. The molecule has 0 N–H and O–H groups in total. The fraction of sp³-hybridized carbons (Fsp3) is 0.727. The highest BCUT2D eigenvalue weighted by molar-refractivity contribution is 7.99. The van der Waals surface area contributed by atoms with Crippen LogP contribution in [-0.4, -0.2) is 24.1 Å². The van der Waals surface area contributed by atoms with Gasteiger partial charge >= 0.3 is 5.97 Å². The average Bonchev–Trinajstić information content (AvgIpc) is 2.18. The van der Waals surface area contributed by atoms with Gasteiger partial charge in [-0.05, 0) is 26.0 Å². The standard InChI is InChI=1S/C11H20O2S/c1-4-6-7-8-9-10(14-3)11(12)13-5-2/h7-8,10H,4-6,9H2,1-3H3. The van der Waals surface area contributed by atoms with E-state index >= 15 is 0 Å². The molecule has 1 unspecified atom stereocenters. The summed E-state index contributed by atoms with van der Waals surface area (Å²) in [5.74, 6) is -0.0962. The fourth-order valence-corrected chi connectivity index (χ4v) is 1.59. The van der Waals surface area contributed by atoms with Gasteiger partial charge in [0.2, 0.25) is 0 Å². The van der Waals surface area contributed by atoms with Crippen molar-refractivity contribution in [1.29, 1.82) is 0 Å². The fourth-order valence-electron chi connectivity index (χ4n) is 1.03. The van der Waals surface area contributed by atoms with E-state index in [2.05, 4.69) is 19.1 Å². The largest absolute Gasteiger partial charge is 0.465 e. The first-order chi connectivity index (χ1) is 6.76. The molecule has 0 spiro atoms. The number of carbonyl (C=O) groups excluding carboxylic acids is 1. The summed E-state index contributed by atoms with van der Waals surface area (Å²) in [6.45, 7) is 4.44. The van der Waals surface area contributed by atoms with Gasteiger partial charge in [0.05, 0.1) is 6.61 Å². The molecule has 2 nitrogen and oxygen atoms in total. The van der Waals surface area contributed by atoms with Crippen LogP contribution in [-0.2, 0) is 9.53 Å². The number of allylic oxidation sites excluding steroid dienone is 2. The van der Waals surface area contributed by atoms with E-state index in [0.717, 1.165) is 19.3 Å². The van der Waals surface area contributed by atoms with Crippen molar-refractivity contribution < 1.29 is 9.53 Å². The minimum Gasteiger partial charge on any atom is -0.465 e. The molecule has 0 aromatic rings. The molecule has 0 amide bonds. The van der Waals surface area contributed by atoms with Crippen molar-refractivity contribution in [1.82, 2.24) is 0 Å². The Hall–Kier alpha value is -0.440. The Kier molecular flexibility index (Phi) is 8.84. The van der Waals surface area contributed by atoms with Crippen molar-refractivity contribution in [3.05, 3.63) is 12.2 Å². The summed E-state index contributed by atoms with van der Waals surface area (Å²) in [4.78, 5) is 11.4. The Morgan fingerprint density at radius 1 is 1.43 bits per heavy atom. The van der Waals surface area contributed by atoms with E-state index in [1.54, 1.807) is 11.8 Å². The summed E-state index contributed by atoms with van der Waals surface area (Å²) >= 11 is 1.55. The molecule has 0 saturated heterocycles. The number of ether oxygens (including phenoxy) is 1. The van der Waals surface area contributed by atoms with Crippen LogP contribution in [0.3, 0.4) is 0 Å². The molecule has 0 aromatic heterocycles. The number of unbranched alkanes of at least 4 members (excludes halogenated alkanes) is 1. The van der Waals surface area contributed by atoms with Crippen LogP contribution in [0.1, 0.15) is 33.1 Å². The lowest BCUT2D eigenvalue weighted by Gasteiger charge is -2.10. The molecular weight excluding hydrogens is 196 g/mol. The third-order valence-corrected chi connectivity index (χ3v) is 2.76. The van der Waals surface area contributed by atoms with Crippen LogP contribution in [0.4, 0.5) is 0 Å². The van der Waals surface area contributed by atoms with Gasteiger partial charge in [0.1, 0.15) is 5.25 Å². The molecule has 0 fully saturated rings. The molecule has 0 bridgehead atoms. The Morgan fingerprint density at radius 3 is 2.64 bits per heavy atom. The van der Waals surface area contributed by atoms with Crippen LogP contribution in [0.25, 0.3) is 0 Å². The van der Waals surface area contributed by atoms with Gasteiger partial charge in [-0.3, -0.25) is 4.79 Å². The van der Waals surface area contributed by atoms with Crippen molar-refractivity contribution >= 4 is 17.7 Å². The molecule has 14 heavy (non-hydrogen) atoms. The van der Waals surface area contributed by atoms with Gasteiger partial charge in [-0.2, -0.15) is 0 Å². The molecule has 1 atom stereocenters. The first-order valence-corrected chi connectivity index (χ1v) is 6.39. The molecule has 0 saturated carbocycles. The topological polar surface area (TPSA) is 26.3 Å². The summed E-state index contributed by atoms with van der Waals surface area (Å²) in [6, 6.07) is 0. The maximum absolute atomic E-state index is 11.4. The second-order valence-electron chi connectivity index (χ2n) is 2.97. The molecular formula is C11H20O2S. The minimum atomic E-state index is -0.0962. The molecule has 0 aromatic carbocycles. The van der Waals surface area contributed by atoms with Gasteiger partial charge < -0.3 is 4.74 Å². The number of esters is 1. The van der Waals surface area contributed by atoms with Crippen LogP contribution < -0.4 is 0 Å². The zero-order valence-corrected chi connectivity index (χ0v) is 10.1. The Labute approximate surface area is 91.1 Å². The molecule has 0 rings (SSSR count). The first-order valence-electron chi connectivity index (χ1n) is 5.10. The SMILES string of the molecule is CCCC=CCC(SC)C(=O)OCC. The Balaban J connectivity index is 3.83. The van der Waals surface area contributed by atoms with Gasteiger partial charge in [-0.15, -0.1) is 11.8 Å². The van der Waals surface area contributed by atoms with Crippen molar-refractivity contribution in [2.45, 2.75) is 38.4 Å². The van der Waals surface area contributed by atoms with Gasteiger partial charge in [0.25, 0.3) is 0 Å². The van der Waals surface area contributed by atoms with E-state index in [0.29, 0.717) is 6.61 Å². The van der Waals surface area contributed by atoms with Gasteiger partial charge in [0.15, 0.2) is 0 Å². The summed E-state index contributed by atoms with van der Waals surface area (Å²) in [7, 11) is 0. The van der Waals surface area contributed by atoms with Crippen molar-refractivity contribution in [2.75, 3.05) is 12.9 Å². The lowest BCUT2D eigenvalue weighted by atomic mass is 10.2. The van der Waals surface area contributed by atoms with Crippen LogP contribution >= 0.6 is 11.8 Å². The summed E-state index contributed by atoms with van der Waals surface area (Å²) < 4.78 is 4.96. The molecule has 82 valence electrons. The van der Waals surface area contributed by atoms with Crippen LogP contribution in [0.5, 0.6) is 0 Å². The van der Waals surface area contributed by atoms with E-state index in [1.165, 1.54) is 0 Å². The van der Waals surface area contributed by atoms with Crippen LogP contribution in [0.15, 0.2) is 12.2 Å². The van der Waals surface area contributed by atoms with E-state index in [4.69, 9.17) is 4.74 Å². The quantitative estimate of drug-likeness (QED) is 0.483. The molecule has 0 heterocycles. The maximum Gasteiger partial charge on any atom is 0.319 e.